The standard InChI is InChI=1S/C14H21ClN2O3/c1-14(2,3)20-13(19)17-12-5-4-9(6-11(12)15)10(7-16)8-18/h4-6,10,18H,7-8,16H2,1-3H3,(H,17,19). The Labute approximate surface area is 124 Å². The fourth-order valence-electron chi connectivity index (χ4n) is 1.62. The Morgan fingerprint density at radius 1 is 1.50 bits per heavy atom. The number of aliphatic hydroxyl groups excluding tert-OH is 1. The highest BCUT2D eigenvalue weighted by atomic mass is 35.5. The van der Waals surface area contributed by atoms with Gasteiger partial charge >= 0.3 is 6.09 Å². The van der Waals surface area contributed by atoms with Crippen molar-refractivity contribution in [2.24, 2.45) is 5.73 Å². The van der Waals surface area contributed by atoms with E-state index in [1.807, 2.05) is 0 Å². The third kappa shape index (κ3) is 5.00. The number of hydrogen-bond acceptors (Lipinski definition) is 4. The second-order valence-electron chi connectivity index (χ2n) is 5.48. The average molecular weight is 301 g/mol. The summed E-state index contributed by atoms with van der Waals surface area (Å²) in [6.07, 6.45) is -0.565. The normalized spacial score (nSPS) is 12.9. The maximum atomic E-state index is 11.7. The van der Waals surface area contributed by atoms with Crippen molar-refractivity contribution < 1.29 is 14.6 Å². The fourth-order valence-corrected chi connectivity index (χ4v) is 1.85. The molecule has 0 fully saturated rings. The first-order chi connectivity index (χ1) is 9.26. The number of amides is 1. The van der Waals surface area contributed by atoms with Gasteiger partial charge in [-0.3, -0.25) is 5.32 Å². The van der Waals surface area contributed by atoms with Crippen LogP contribution in [0.15, 0.2) is 18.2 Å². The zero-order valence-electron chi connectivity index (χ0n) is 11.9. The molecule has 0 bridgehead atoms. The molecule has 1 aromatic carbocycles. The number of nitrogens with one attached hydrogen (secondary N) is 1. The molecule has 4 N–H and O–H groups in total. The van der Waals surface area contributed by atoms with Gasteiger partial charge in [-0.25, -0.2) is 4.79 Å². The molecule has 0 saturated carbocycles. The van der Waals surface area contributed by atoms with E-state index in [-0.39, 0.29) is 12.5 Å². The van der Waals surface area contributed by atoms with Gasteiger partial charge in [-0.05, 0) is 38.5 Å². The number of aliphatic hydroxyl groups is 1. The highest BCUT2D eigenvalue weighted by molar-refractivity contribution is 6.33. The van der Waals surface area contributed by atoms with Crippen molar-refractivity contribution in [1.29, 1.82) is 0 Å². The van der Waals surface area contributed by atoms with E-state index in [4.69, 9.17) is 22.1 Å². The molecule has 1 rings (SSSR count). The first-order valence-electron chi connectivity index (χ1n) is 6.37. The first kappa shape index (κ1) is 16.8. The van der Waals surface area contributed by atoms with Crippen molar-refractivity contribution in [3.63, 3.8) is 0 Å². The minimum absolute atomic E-state index is 0.0499. The number of benzene rings is 1. The summed E-state index contributed by atoms with van der Waals surface area (Å²) >= 11 is 6.11. The van der Waals surface area contributed by atoms with Gasteiger partial charge in [-0.15, -0.1) is 0 Å². The van der Waals surface area contributed by atoms with Crippen LogP contribution >= 0.6 is 11.6 Å². The van der Waals surface area contributed by atoms with Crippen molar-refractivity contribution in [1.82, 2.24) is 0 Å². The van der Waals surface area contributed by atoms with Crippen LogP contribution in [0.1, 0.15) is 32.3 Å². The second-order valence-corrected chi connectivity index (χ2v) is 5.89. The highest BCUT2D eigenvalue weighted by Gasteiger charge is 2.17. The number of carbonyl (C=O) groups is 1. The Kier molecular flexibility index (Phi) is 5.80. The van der Waals surface area contributed by atoms with Crippen LogP contribution in [0.5, 0.6) is 0 Å². The molecule has 1 aromatic rings. The average Bonchev–Trinajstić information content (AvgIpc) is 2.31. The quantitative estimate of drug-likeness (QED) is 0.798. The fraction of sp³-hybridized carbons (Fsp3) is 0.500. The van der Waals surface area contributed by atoms with E-state index in [9.17, 15) is 9.90 Å². The van der Waals surface area contributed by atoms with E-state index in [0.717, 1.165) is 5.56 Å². The molecule has 0 aromatic heterocycles. The molecule has 0 saturated heterocycles. The van der Waals surface area contributed by atoms with Crippen molar-refractivity contribution in [3.8, 4) is 0 Å². The number of rotatable bonds is 4. The number of anilines is 1. The summed E-state index contributed by atoms with van der Waals surface area (Å²) in [5.74, 6) is -0.164. The molecule has 5 nitrogen and oxygen atoms in total. The number of halogens is 1. The number of nitrogens with two attached hydrogens (primary N) is 1. The summed E-state index contributed by atoms with van der Waals surface area (Å²) in [6, 6.07) is 5.12. The SMILES string of the molecule is CC(C)(C)OC(=O)Nc1ccc(C(CN)CO)cc1Cl. The monoisotopic (exact) mass is 300 g/mol. The lowest BCUT2D eigenvalue weighted by Gasteiger charge is -2.20. The van der Waals surface area contributed by atoms with Crippen LogP contribution in [0.4, 0.5) is 10.5 Å². The summed E-state index contributed by atoms with van der Waals surface area (Å²) < 4.78 is 5.15. The van der Waals surface area contributed by atoms with Gasteiger partial charge in [0.05, 0.1) is 17.3 Å². The molecule has 0 spiro atoms. The summed E-state index contributed by atoms with van der Waals surface area (Å²) in [5, 5.41) is 12.2. The molecule has 20 heavy (non-hydrogen) atoms. The van der Waals surface area contributed by atoms with E-state index < -0.39 is 11.7 Å². The van der Waals surface area contributed by atoms with Gasteiger partial charge < -0.3 is 15.6 Å². The maximum absolute atomic E-state index is 11.7. The predicted molar refractivity (Wildman–Crippen MR) is 80.2 cm³/mol. The number of ether oxygens (including phenoxy) is 1. The highest BCUT2D eigenvalue weighted by Crippen LogP contribution is 2.27. The third-order valence-corrected chi connectivity index (χ3v) is 2.92. The smallest absolute Gasteiger partial charge is 0.412 e. The molecule has 0 aliphatic heterocycles. The van der Waals surface area contributed by atoms with E-state index in [1.54, 1.807) is 39.0 Å². The molecular formula is C14H21ClN2O3. The maximum Gasteiger partial charge on any atom is 0.412 e. The molecule has 0 aliphatic rings. The van der Waals surface area contributed by atoms with Crippen molar-refractivity contribution >= 4 is 23.4 Å². The van der Waals surface area contributed by atoms with Crippen molar-refractivity contribution in [2.45, 2.75) is 32.3 Å². The minimum atomic E-state index is -0.571. The molecule has 0 aliphatic carbocycles. The van der Waals surface area contributed by atoms with Crippen molar-refractivity contribution in [3.05, 3.63) is 28.8 Å². The zero-order chi connectivity index (χ0) is 15.3. The van der Waals surface area contributed by atoms with Crippen LogP contribution in [0.2, 0.25) is 5.02 Å². The third-order valence-electron chi connectivity index (χ3n) is 2.61. The lowest BCUT2D eigenvalue weighted by atomic mass is 10.00. The summed E-state index contributed by atoms with van der Waals surface area (Å²) in [5.41, 5.74) is 6.27. The van der Waals surface area contributed by atoms with Gasteiger partial charge in [0, 0.05) is 12.5 Å². The van der Waals surface area contributed by atoms with Crippen LogP contribution in [0, 0.1) is 0 Å². The van der Waals surface area contributed by atoms with Crippen LogP contribution in [0.3, 0.4) is 0 Å². The number of carbonyl (C=O) groups excluding carboxylic acids is 1. The molecular weight excluding hydrogens is 280 g/mol. The molecule has 1 unspecified atom stereocenters. The molecule has 1 atom stereocenters. The first-order valence-corrected chi connectivity index (χ1v) is 6.75. The summed E-state index contributed by atoms with van der Waals surface area (Å²) in [4.78, 5) is 11.7. The Morgan fingerprint density at radius 2 is 2.15 bits per heavy atom. The minimum Gasteiger partial charge on any atom is -0.444 e. The van der Waals surface area contributed by atoms with Gasteiger partial charge in [-0.2, -0.15) is 0 Å². The van der Waals surface area contributed by atoms with Crippen molar-refractivity contribution in [2.75, 3.05) is 18.5 Å². The van der Waals surface area contributed by atoms with Gasteiger partial charge in [-0.1, -0.05) is 17.7 Å². The van der Waals surface area contributed by atoms with Gasteiger partial charge in [0.1, 0.15) is 5.60 Å². The molecule has 1 amide bonds. The topological polar surface area (TPSA) is 84.6 Å². The Morgan fingerprint density at radius 3 is 2.60 bits per heavy atom. The van der Waals surface area contributed by atoms with Gasteiger partial charge in [0.25, 0.3) is 0 Å². The van der Waals surface area contributed by atoms with Gasteiger partial charge in [0.2, 0.25) is 0 Å². The van der Waals surface area contributed by atoms with E-state index >= 15 is 0 Å². The molecule has 0 heterocycles. The predicted octanol–water partition coefficient (Wildman–Crippen LogP) is 2.72. The Hall–Kier alpha value is -1.30. The largest absolute Gasteiger partial charge is 0.444 e. The Balaban J connectivity index is 2.81. The second kappa shape index (κ2) is 6.92. The van der Waals surface area contributed by atoms with Crippen LogP contribution in [-0.2, 0) is 4.74 Å². The van der Waals surface area contributed by atoms with Crippen LogP contribution in [-0.4, -0.2) is 30.0 Å². The van der Waals surface area contributed by atoms with Gasteiger partial charge in [0.15, 0.2) is 0 Å². The lowest BCUT2D eigenvalue weighted by Crippen LogP contribution is -2.27. The zero-order valence-corrected chi connectivity index (χ0v) is 12.7. The summed E-state index contributed by atoms with van der Waals surface area (Å²) in [6.45, 7) is 5.62. The molecule has 0 radical (unpaired) electrons. The summed E-state index contributed by atoms with van der Waals surface area (Å²) in [7, 11) is 0. The van der Waals surface area contributed by atoms with E-state index in [2.05, 4.69) is 5.32 Å². The van der Waals surface area contributed by atoms with E-state index in [1.165, 1.54) is 0 Å². The molecule has 6 heteroatoms. The van der Waals surface area contributed by atoms with E-state index in [0.29, 0.717) is 17.3 Å². The van der Waals surface area contributed by atoms with Crippen LogP contribution < -0.4 is 11.1 Å². The number of hydrogen-bond donors (Lipinski definition) is 3. The Bertz CT molecular complexity index is 468. The molecule has 112 valence electrons. The lowest BCUT2D eigenvalue weighted by molar-refractivity contribution is 0.0636. The van der Waals surface area contributed by atoms with Crippen LogP contribution in [0.25, 0.3) is 0 Å².